The SMILES string of the molecule is CCOc1ccccc1NC(=O)[C@@H]1[C@H]2C=CCCCC[C@@H]21. The number of amides is 1. The van der Waals surface area contributed by atoms with Crippen molar-refractivity contribution in [3.63, 3.8) is 0 Å². The van der Waals surface area contributed by atoms with Crippen molar-refractivity contribution in [2.24, 2.45) is 17.8 Å². The molecule has 1 aromatic carbocycles. The third-order valence-corrected chi connectivity index (χ3v) is 4.49. The first kappa shape index (κ1) is 14.2. The van der Waals surface area contributed by atoms with Crippen LogP contribution in [-0.2, 0) is 4.79 Å². The summed E-state index contributed by atoms with van der Waals surface area (Å²) in [5.74, 6) is 2.03. The van der Waals surface area contributed by atoms with E-state index in [0.29, 0.717) is 18.4 Å². The van der Waals surface area contributed by atoms with E-state index in [4.69, 9.17) is 4.74 Å². The lowest BCUT2D eigenvalue weighted by Gasteiger charge is -2.11. The summed E-state index contributed by atoms with van der Waals surface area (Å²) >= 11 is 0. The van der Waals surface area contributed by atoms with Crippen LogP contribution in [-0.4, -0.2) is 12.5 Å². The van der Waals surface area contributed by atoms with Gasteiger partial charge in [0.05, 0.1) is 12.3 Å². The number of carbonyl (C=O) groups excluding carboxylic acids is 1. The molecule has 21 heavy (non-hydrogen) atoms. The number of para-hydroxylation sites is 2. The monoisotopic (exact) mass is 285 g/mol. The van der Waals surface area contributed by atoms with Crippen LogP contribution in [0.4, 0.5) is 5.69 Å². The Hall–Kier alpha value is -1.77. The molecule has 3 heteroatoms. The second-order valence-corrected chi connectivity index (χ2v) is 5.90. The van der Waals surface area contributed by atoms with Crippen molar-refractivity contribution < 1.29 is 9.53 Å². The van der Waals surface area contributed by atoms with E-state index in [9.17, 15) is 4.79 Å². The van der Waals surface area contributed by atoms with Gasteiger partial charge in [-0.2, -0.15) is 0 Å². The summed E-state index contributed by atoms with van der Waals surface area (Å²) in [5, 5.41) is 3.06. The molecule has 3 rings (SSSR count). The van der Waals surface area contributed by atoms with Gasteiger partial charge in [-0.1, -0.05) is 30.7 Å². The molecule has 2 aliphatic carbocycles. The zero-order valence-electron chi connectivity index (χ0n) is 12.5. The molecule has 0 heterocycles. The number of ether oxygens (including phenoxy) is 1. The van der Waals surface area contributed by atoms with Crippen molar-refractivity contribution >= 4 is 11.6 Å². The van der Waals surface area contributed by atoms with Gasteiger partial charge in [0.2, 0.25) is 5.91 Å². The summed E-state index contributed by atoms with van der Waals surface area (Å²) in [4.78, 5) is 12.5. The minimum atomic E-state index is 0.142. The molecule has 0 spiro atoms. The second kappa shape index (κ2) is 6.33. The molecule has 112 valence electrons. The molecule has 0 unspecified atom stereocenters. The highest BCUT2D eigenvalue weighted by molar-refractivity contribution is 5.96. The molecule has 1 amide bonds. The Morgan fingerprint density at radius 3 is 3.05 bits per heavy atom. The number of rotatable bonds is 4. The highest BCUT2D eigenvalue weighted by Crippen LogP contribution is 2.52. The van der Waals surface area contributed by atoms with E-state index in [1.165, 1.54) is 19.3 Å². The number of carbonyl (C=O) groups is 1. The first-order valence-electron chi connectivity index (χ1n) is 8.00. The van der Waals surface area contributed by atoms with E-state index in [1.807, 2.05) is 31.2 Å². The molecule has 1 fully saturated rings. The lowest BCUT2D eigenvalue weighted by Crippen LogP contribution is -2.16. The molecule has 0 saturated heterocycles. The maximum Gasteiger partial charge on any atom is 0.228 e. The van der Waals surface area contributed by atoms with Crippen LogP contribution in [0, 0.1) is 17.8 Å². The summed E-state index contributed by atoms with van der Waals surface area (Å²) in [5.41, 5.74) is 0.785. The summed E-state index contributed by atoms with van der Waals surface area (Å²) in [6.45, 7) is 2.55. The van der Waals surface area contributed by atoms with E-state index >= 15 is 0 Å². The average Bonchev–Trinajstić information content (AvgIpc) is 3.12. The normalized spacial score (nSPS) is 27.2. The number of fused-ring (bicyclic) bond motifs is 1. The largest absolute Gasteiger partial charge is 0.492 e. The fourth-order valence-electron chi connectivity index (χ4n) is 3.37. The van der Waals surface area contributed by atoms with Gasteiger partial charge in [-0.15, -0.1) is 0 Å². The Bertz CT molecular complexity index is 538. The van der Waals surface area contributed by atoms with Gasteiger partial charge >= 0.3 is 0 Å². The Morgan fingerprint density at radius 1 is 1.33 bits per heavy atom. The molecule has 0 radical (unpaired) electrons. The van der Waals surface area contributed by atoms with Crippen molar-refractivity contribution in [2.75, 3.05) is 11.9 Å². The van der Waals surface area contributed by atoms with Gasteiger partial charge in [-0.05, 0) is 50.2 Å². The van der Waals surface area contributed by atoms with E-state index in [-0.39, 0.29) is 11.8 Å². The number of nitrogens with one attached hydrogen (secondary N) is 1. The second-order valence-electron chi connectivity index (χ2n) is 5.90. The highest BCUT2D eigenvalue weighted by Gasteiger charge is 2.52. The lowest BCUT2D eigenvalue weighted by atomic mass is 10.1. The van der Waals surface area contributed by atoms with Crippen molar-refractivity contribution in [1.29, 1.82) is 0 Å². The minimum absolute atomic E-state index is 0.142. The zero-order valence-corrected chi connectivity index (χ0v) is 12.5. The average molecular weight is 285 g/mol. The van der Waals surface area contributed by atoms with Crippen LogP contribution in [0.5, 0.6) is 5.75 Å². The Kier molecular flexibility index (Phi) is 4.28. The van der Waals surface area contributed by atoms with Crippen LogP contribution >= 0.6 is 0 Å². The first-order valence-corrected chi connectivity index (χ1v) is 8.00. The summed E-state index contributed by atoms with van der Waals surface area (Å²) in [7, 11) is 0. The number of anilines is 1. The standard InChI is InChI=1S/C18H23NO2/c1-2-21-16-12-8-7-11-15(16)19-18(20)17-13-9-5-3-4-6-10-14(13)17/h5,7-9,11-14,17H,2-4,6,10H2,1H3,(H,19,20)/t13-,14-,17+/m0/s1. The van der Waals surface area contributed by atoms with E-state index in [0.717, 1.165) is 17.9 Å². The molecule has 0 bridgehead atoms. The van der Waals surface area contributed by atoms with Gasteiger partial charge in [-0.3, -0.25) is 4.79 Å². The van der Waals surface area contributed by atoms with Crippen molar-refractivity contribution in [2.45, 2.75) is 32.6 Å². The van der Waals surface area contributed by atoms with Crippen LogP contribution in [0.25, 0.3) is 0 Å². The predicted molar refractivity (Wildman–Crippen MR) is 84.3 cm³/mol. The quantitative estimate of drug-likeness (QED) is 0.849. The molecular formula is C18H23NO2. The molecule has 3 atom stereocenters. The van der Waals surface area contributed by atoms with Gasteiger partial charge in [-0.25, -0.2) is 0 Å². The molecule has 1 saturated carbocycles. The number of benzene rings is 1. The Labute approximate surface area is 126 Å². The Morgan fingerprint density at radius 2 is 2.19 bits per heavy atom. The maximum absolute atomic E-state index is 12.5. The third kappa shape index (κ3) is 3.12. The van der Waals surface area contributed by atoms with E-state index < -0.39 is 0 Å². The fraction of sp³-hybridized carbons (Fsp3) is 0.500. The number of hydrogen-bond acceptors (Lipinski definition) is 2. The molecule has 0 aromatic heterocycles. The van der Waals surface area contributed by atoms with Crippen molar-refractivity contribution in [1.82, 2.24) is 0 Å². The topological polar surface area (TPSA) is 38.3 Å². The predicted octanol–water partition coefficient (Wildman–Crippen LogP) is 4.02. The van der Waals surface area contributed by atoms with Crippen LogP contribution < -0.4 is 10.1 Å². The molecular weight excluding hydrogens is 262 g/mol. The molecule has 1 N–H and O–H groups in total. The fourth-order valence-corrected chi connectivity index (χ4v) is 3.37. The summed E-state index contributed by atoms with van der Waals surface area (Å²) < 4.78 is 5.57. The lowest BCUT2D eigenvalue weighted by molar-refractivity contribution is -0.117. The van der Waals surface area contributed by atoms with Crippen LogP contribution in [0.2, 0.25) is 0 Å². The summed E-state index contributed by atoms with van der Waals surface area (Å²) in [6.07, 6.45) is 9.33. The molecule has 3 nitrogen and oxygen atoms in total. The maximum atomic E-state index is 12.5. The van der Waals surface area contributed by atoms with Crippen LogP contribution in [0.15, 0.2) is 36.4 Å². The zero-order chi connectivity index (χ0) is 14.7. The van der Waals surface area contributed by atoms with Gasteiger partial charge in [0, 0.05) is 5.92 Å². The Balaban J connectivity index is 1.67. The van der Waals surface area contributed by atoms with Crippen LogP contribution in [0.1, 0.15) is 32.6 Å². The van der Waals surface area contributed by atoms with Gasteiger partial charge in [0.1, 0.15) is 5.75 Å². The van der Waals surface area contributed by atoms with E-state index in [1.54, 1.807) is 0 Å². The first-order chi connectivity index (χ1) is 10.3. The van der Waals surface area contributed by atoms with E-state index in [2.05, 4.69) is 17.5 Å². The van der Waals surface area contributed by atoms with Gasteiger partial charge in [0.15, 0.2) is 0 Å². The van der Waals surface area contributed by atoms with Crippen molar-refractivity contribution in [3.8, 4) is 5.75 Å². The summed E-state index contributed by atoms with van der Waals surface area (Å²) in [6, 6.07) is 7.65. The molecule has 0 aliphatic heterocycles. The number of allylic oxidation sites excluding steroid dienone is 2. The molecule has 1 aromatic rings. The van der Waals surface area contributed by atoms with Crippen molar-refractivity contribution in [3.05, 3.63) is 36.4 Å². The highest BCUT2D eigenvalue weighted by atomic mass is 16.5. The van der Waals surface area contributed by atoms with Gasteiger partial charge in [0.25, 0.3) is 0 Å². The molecule has 2 aliphatic rings. The van der Waals surface area contributed by atoms with Crippen LogP contribution in [0.3, 0.4) is 0 Å². The van der Waals surface area contributed by atoms with Gasteiger partial charge < -0.3 is 10.1 Å². The number of hydrogen-bond donors (Lipinski definition) is 1. The third-order valence-electron chi connectivity index (χ3n) is 4.49. The minimum Gasteiger partial charge on any atom is -0.492 e. The smallest absolute Gasteiger partial charge is 0.228 e.